The summed E-state index contributed by atoms with van der Waals surface area (Å²) >= 11 is 0. The van der Waals surface area contributed by atoms with Gasteiger partial charge in [0.1, 0.15) is 5.82 Å². The SMILES string of the molecule is Cc1cc(NC(=O)Cc2ccc(S(C)(=O)=O)cc2)nc2c1C(=O)C(C)(c1ccc(C(F)(F)F)cn1)CC2. The maximum Gasteiger partial charge on any atom is 0.417 e. The monoisotopic (exact) mass is 531 g/mol. The average molecular weight is 532 g/mol. The average Bonchev–Trinajstić information content (AvgIpc) is 2.80. The molecule has 0 radical (unpaired) electrons. The summed E-state index contributed by atoms with van der Waals surface area (Å²) in [6.07, 6.45) is -2.01. The Morgan fingerprint density at radius 3 is 2.38 bits per heavy atom. The molecule has 1 aliphatic rings. The van der Waals surface area contributed by atoms with Gasteiger partial charge in [-0.3, -0.25) is 14.6 Å². The molecule has 4 rings (SSSR count). The Morgan fingerprint density at radius 1 is 1.14 bits per heavy atom. The van der Waals surface area contributed by atoms with Crippen LogP contribution in [-0.4, -0.2) is 36.3 Å². The lowest BCUT2D eigenvalue weighted by Gasteiger charge is -2.33. The fourth-order valence-corrected chi connectivity index (χ4v) is 5.04. The van der Waals surface area contributed by atoms with E-state index in [1.807, 2.05) is 0 Å². The van der Waals surface area contributed by atoms with Gasteiger partial charge in [-0.1, -0.05) is 12.1 Å². The molecule has 0 fully saturated rings. The highest BCUT2D eigenvalue weighted by atomic mass is 32.2. The number of hydrogen-bond acceptors (Lipinski definition) is 6. The van der Waals surface area contributed by atoms with Gasteiger partial charge in [-0.05, 0) is 68.1 Å². The van der Waals surface area contributed by atoms with Gasteiger partial charge < -0.3 is 5.32 Å². The van der Waals surface area contributed by atoms with Crippen LogP contribution in [0.5, 0.6) is 0 Å². The van der Waals surface area contributed by atoms with Crippen molar-refractivity contribution >= 4 is 27.3 Å². The zero-order valence-corrected chi connectivity index (χ0v) is 21.1. The number of aromatic nitrogens is 2. The lowest BCUT2D eigenvalue weighted by Crippen LogP contribution is -2.39. The Labute approximate surface area is 212 Å². The quantitative estimate of drug-likeness (QED) is 0.521. The summed E-state index contributed by atoms with van der Waals surface area (Å²) in [7, 11) is -3.34. The van der Waals surface area contributed by atoms with Crippen molar-refractivity contribution < 1.29 is 31.2 Å². The third kappa shape index (κ3) is 5.41. The number of benzene rings is 1. The lowest BCUT2D eigenvalue weighted by molar-refractivity contribution is -0.137. The van der Waals surface area contributed by atoms with E-state index >= 15 is 0 Å². The standard InChI is InChI=1S/C26H24F3N3O4S/c1-15-12-21(32-22(33)13-16-4-7-18(8-5-16)37(3,35)36)31-19-10-11-25(2,24(34)23(15)19)20-9-6-17(14-30-20)26(27,28)29/h4-9,12,14H,10-11,13H2,1-3H3,(H,31,32,33). The van der Waals surface area contributed by atoms with Crippen LogP contribution in [0.25, 0.3) is 0 Å². The predicted octanol–water partition coefficient (Wildman–Crippen LogP) is 4.48. The molecule has 0 bridgehead atoms. The first-order valence-electron chi connectivity index (χ1n) is 11.4. The number of nitrogens with zero attached hydrogens (tertiary/aromatic N) is 2. The molecule has 0 saturated heterocycles. The second-order valence-electron chi connectivity index (χ2n) is 9.38. The number of rotatable bonds is 5. The van der Waals surface area contributed by atoms with Crippen LogP contribution < -0.4 is 5.32 Å². The number of sulfone groups is 1. The number of Topliss-reactive ketones (excluding diaryl/α,β-unsaturated/α-hetero) is 1. The number of aryl methyl sites for hydroxylation is 2. The highest BCUT2D eigenvalue weighted by Crippen LogP contribution is 2.39. The number of nitrogens with one attached hydrogen (secondary N) is 1. The zero-order valence-electron chi connectivity index (χ0n) is 20.3. The topological polar surface area (TPSA) is 106 Å². The van der Waals surface area contributed by atoms with E-state index in [0.29, 0.717) is 35.2 Å². The number of hydrogen-bond donors (Lipinski definition) is 1. The Hall–Kier alpha value is -3.60. The van der Waals surface area contributed by atoms with Gasteiger partial charge in [0.15, 0.2) is 15.6 Å². The summed E-state index contributed by atoms with van der Waals surface area (Å²) in [4.78, 5) is 34.6. The third-order valence-electron chi connectivity index (χ3n) is 6.52. The molecule has 1 amide bonds. The molecule has 0 saturated carbocycles. The van der Waals surface area contributed by atoms with Crippen molar-refractivity contribution in [3.05, 3.63) is 82.3 Å². The van der Waals surface area contributed by atoms with E-state index in [1.165, 1.54) is 18.2 Å². The van der Waals surface area contributed by atoms with E-state index < -0.39 is 27.0 Å². The van der Waals surface area contributed by atoms with Crippen molar-refractivity contribution in [1.82, 2.24) is 9.97 Å². The molecule has 11 heteroatoms. The molecular formula is C26H24F3N3O4S. The largest absolute Gasteiger partial charge is 0.417 e. The molecule has 0 aliphatic heterocycles. The van der Waals surface area contributed by atoms with E-state index in [0.717, 1.165) is 18.5 Å². The van der Waals surface area contributed by atoms with Gasteiger partial charge in [0.25, 0.3) is 0 Å². The summed E-state index contributed by atoms with van der Waals surface area (Å²) in [5.41, 5.74) is 0.358. The van der Waals surface area contributed by atoms with Crippen LogP contribution in [0.2, 0.25) is 0 Å². The van der Waals surface area contributed by atoms with E-state index in [9.17, 15) is 31.2 Å². The van der Waals surface area contributed by atoms with E-state index in [-0.39, 0.29) is 34.5 Å². The smallest absolute Gasteiger partial charge is 0.310 e. The minimum Gasteiger partial charge on any atom is -0.310 e. The fourth-order valence-electron chi connectivity index (χ4n) is 4.41. The number of halogens is 3. The van der Waals surface area contributed by atoms with Gasteiger partial charge in [-0.2, -0.15) is 13.2 Å². The number of fused-ring (bicyclic) bond motifs is 1. The predicted molar refractivity (Wildman–Crippen MR) is 130 cm³/mol. The van der Waals surface area contributed by atoms with Crippen LogP contribution >= 0.6 is 0 Å². The first-order chi connectivity index (χ1) is 17.2. The van der Waals surface area contributed by atoms with Crippen molar-refractivity contribution in [2.75, 3.05) is 11.6 Å². The van der Waals surface area contributed by atoms with E-state index in [1.54, 1.807) is 32.0 Å². The highest BCUT2D eigenvalue weighted by Gasteiger charge is 2.43. The van der Waals surface area contributed by atoms with Crippen LogP contribution in [0, 0.1) is 6.92 Å². The minimum absolute atomic E-state index is 0.00154. The number of carbonyl (C=O) groups excluding carboxylic acids is 2. The van der Waals surface area contributed by atoms with Crippen molar-refractivity contribution in [2.45, 2.75) is 49.6 Å². The van der Waals surface area contributed by atoms with Crippen molar-refractivity contribution in [3.63, 3.8) is 0 Å². The zero-order chi connectivity index (χ0) is 27.2. The van der Waals surface area contributed by atoms with Gasteiger partial charge in [0.2, 0.25) is 5.91 Å². The molecule has 2 aromatic heterocycles. The molecule has 0 spiro atoms. The van der Waals surface area contributed by atoms with Crippen molar-refractivity contribution in [3.8, 4) is 0 Å². The molecule has 1 atom stereocenters. The van der Waals surface area contributed by atoms with Gasteiger partial charge in [-0.25, -0.2) is 13.4 Å². The number of anilines is 1. The Bertz CT molecular complexity index is 1490. The number of amides is 1. The number of carbonyl (C=O) groups is 2. The number of pyridine rings is 2. The highest BCUT2D eigenvalue weighted by molar-refractivity contribution is 7.90. The van der Waals surface area contributed by atoms with Crippen molar-refractivity contribution in [2.24, 2.45) is 0 Å². The van der Waals surface area contributed by atoms with E-state index in [2.05, 4.69) is 15.3 Å². The first-order valence-corrected chi connectivity index (χ1v) is 13.3. The normalized spacial score (nSPS) is 17.8. The number of alkyl halides is 3. The minimum atomic E-state index is -4.52. The molecule has 1 unspecified atom stereocenters. The lowest BCUT2D eigenvalue weighted by atomic mass is 9.70. The van der Waals surface area contributed by atoms with Crippen LogP contribution in [0.15, 0.2) is 53.6 Å². The summed E-state index contributed by atoms with van der Waals surface area (Å²) in [5, 5.41) is 2.72. The summed E-state index contributed by atoms with van der Waals surface area (Å²) in [6, 6.07) is 9.75. The third-order valence-corrected chi connectivity index (χ3v) is 7.65. The second kappa shape index (κ2) is 9.37. The summed E-state index contributed by atoms with van der Waals surface area (Å²) in [6.45, 7) is 3.38. The maximum atomic E-state index is 13.5. The molecule has 2 heterocycles. The van der Waals surface area contributed by atoms with Crippen LogP contribution in [0.3, 0.4) is 0 Å². The first kappa shape index (κ1) is 26.5. The molecule has 1 N–H and O–H groups in total. The molecule has 7 nitrogen and oxygen atoms in total. The summed E-state index contributed by atoms with van der Waals surface area (Å²) < 4.78 is 62.0. The van der Waals surface area contributed by atoms with Crippen LogP contribution in [0.1, 0.15) is 51.8 Å². The van der Waals surface area contributed by atoms with Crippen molar-refractivity contribution in [1.29, 1.82) is 0 Å². The van der Waals surface area contributed by atoms with Gasteiger partial charge in [-0.15, -0.1) is 0 Å². The molecule has 37 heavy (non-hydrogen) atoms. The Kier molecular flexibility index (Phi) is 6.70. The molecular weight excluding hydrogens is 507 g/mol. The molecule has 1 aliphatic carbocycles. The Morgan fingerprint density at radius 2 is 1.81 bits per heavy atom. The second-order valence-corrected chi connectivity index (χ2v) is 11.4. The van der Waals surface area contributed by atoms with Gasteiger partial charge >= 0.3 is 6.18 Å². The van der Waals surface area contributed by atoms with Crippen LogP contribution in [0.4, 0.5) is 19.0 Å². The van der Waals surface area contributed by atoms with Gasteiger partial charge in [0, 0.05) is 18.0 Å². The molecule has 194 valence electrons. The fraction of sp³-hybridized carbons (Fsp3) is 0.308. The maximum absolute atomic E-state index is 13.5. The number of ketones is 1. The molecule has 3 aromatic rings. The molecule has 1 aromatic carbocycles. The summed E-state index contributed by atoms with van der Waals surface area (Å²) in [5.74, 6) is -0.368. The van der Waals surface area contributed by atoms with Crippen LogP contribution in [-0.2, 0) is 39.1 Å². The van der Waals surface area contributed by atoms with Gasteiger partial charge in [0.05, 0.1) is 33.7 Å². The van der Waals surface area contributed by atoms with E-state index in [4.69, 9.17) is 0 Å². The Balaban J connectivity index is 1.52.